The molecule has 0 aromatic carbocycles. The van der Waals surface area contributed by atoms with Crippen molar-refractivity contribution in [1.82, 2.24) is 4.90 Å². The molecule has 3 N–H and O–H groups in total. The molecule has 0 aromatic rings. The lowest BCUT2D eigenvalue weighted by molar-refractivity contribution is -0.136. The summed E-state index contributed by atoms with van der Waals surface area (Å²) in [5.74, 6) is 0.469. The molecule has 0 saturated carbocycles. The van der Waals surface area contributed by atoms with Crippen LogP contribution in [0, 0.1) is 11.8 Å². The minimum absolute atomic E-state index is 0.0222. The lowest BCUT2D eigenvalue weighted by atomic mass is 9.95. The summed E-state index contributed by atoms with van der Waals surface area (Å²) < 4.78 is 0. The van der Waals surface area contributed by atoms with Gasteiger partial charge in [0.15, 0.2) is 0 Å². The summed E-state index contributed by atoms with van der Waals surface area (Å²) in [6, 6.07) is 0. The van der Waals surface area contributed by atoms with Gasteiger partial charge >= 0.3 is 0 Å². The van der Waals surface area contributed by atoms with E-state index in [9.17, 15) is 4.79 Å². The van der Waals surface area contributed by atoms with Crippen molar-refractivity contribution in [1.29, 1.82) is 0 Å². The topological polar surface area (TPSA) is 66.6 Å². The molecule has 0 aliphatic heterocycles. The van der Waals surface area contributed by atoms with Crippen LogP contribution < -0.4 is 5.73 Å². The van der Waals surface area contributed by atoms with Crippen LogP contribution >= 0.6 is 0 Å². The molecule has 1 amide bonds. The van der Waals surface area contributed by atoms with E-state index in [0.29, 0.717) is 19.0 Å². The first-order valence-electron chi connectivity index (χ1n) is 6.66. The smallest absolute Gasteiger partial charge is 0.227 e. The zero-order valence-corrected chi connectivity index (χ0v) is 11.5. The number of amides is 1. The summed E-state index contributed by atoms with van der Waals surface area (Å²) in [6.07, 6.45) is 2.85. The number of carbonyl (C=O) groups excluding carboxylic acids is 1. The summed E-state index contributed by atoms with van der Waals surface area (Å²) in [6.45, 7) is 7.85. The van der Waals surface area contributed by atoms with E-state index in [1.807, 2.05) is 0 Å². The SMILES string of the molecule is CCCCN(CCO)C(=O)C(CN)CC(C)C. The molecule has 4 nitrogen and oxygen atoms in total. The quantitative estimate of drug-likeness (QED) is 0.641. The predicted molar refractivity (Wildman–Crippen MR) is 70.6 cm³/mol. The van der Waals surface area contributed by atoms with Gasteiger partial charge in [-0.15, -0.1) is 0 Å². The maximum atomic E-state index is 12.2. The zero-order valence-electron chi connectivity index (χ0n) is 11.5. The van der Waals surface area contributed by atoms with Crippen molar-refractivity contribution >= 4 is 5.91 Å². The van der Waals surface area contributed by atoms with E-state index in [1.165, 1.54) is 0 Å². The van der Waals surface area contributed by atoms with Crippen LogP contribution in [0.1, 0.15) is 40.0 Å². The number of rotatable bonds is 9. The van der Waals surface area contributed by atoms with Crippen molar-refractivity contribution in [2.75, 3.05) is 26.2 Å². The van der Waals surface area contributed by atoms with Crippen molar-refractivity contribution in [3.8, 4) is 0 Å². The number of hydrogen-bond acceptors (Lipinski definition) is 3. The second-order valence-electron chi connectivity index (χ2n) is 4.96. The Morgan fingerprint density at radius 3 is 2.41 bits per heavy atom. The largest absolute Gasteiger partial charge is 0.395 e. The Morgan fingerprint density at radius 2 is 2.00 bits per heavy atom. The molecular weight excluding hydrogens is 216 g/mol. The van der Waals surface area contributed by atoms with Gasteiger partial charge in [0.1, 0.15) is 0 Å². The van der Waals surface area contributed by atoms with Crippen molar-refractivity contribution < 1.29 is 9.90 Å². The van der Waals surface area contributed by atoms with E-state index in [0.717, 1.165) is 25.8 Å². The predicted octanol–water partition coefficient (Wildman–Crippen LogP) is 1.23. The molecule has 0 spiro atoms. The fourth-order valence-electron chi connectivity index (χ4n) is 1.93. The second-order valence-corrected chi connectivity index (χ2v) is 4.96. The molecule has 0 aromatic heterocycles. The molecule has 0 heterocycles. The van der Waals surface area contributed by atoms with Gasteiger partial charge in [-0.05, 0) is 18.8 Å². The van der Waals surface area contributed by atoms with E-state index in [4.69, 9.17) is 10.8 Å². The monoisotopic (exact) mass is 244 g/mol. The molecule has 0 saturated heterocycles. The van der Waals surface area contributed by atoms with Crippen LogP contribution in [0.4, 0.5) is 0 Å². The van der Waals surface area contributed by atoms with Crippen LogP contribution in [0.15, 0.2) is 0 Å². The summed E-state index contributed by atoms with van der Waals surface area (Å²) in [5, 5.41) is 9.00. The van der Waals surface area contributed by atoms with Crippen LogP contribution in [-0.4, -0.2) is 42.2 Å². The molecule has 4 heteroatoms. The number of aliphatic hydroxyl groups is 1. The molecule has 102 valence electrons. The Balaban J connectivity index is 4.43. The van der Waals surface area contributed by atoms with Gasteiger partial charge < -0.3 is 15.7 Å². The van der Waals surface area contributed by atoms with Crippen molar-refractivity contribution in [3.05, 3.63) is 0 Å². The summed E-state index contributed by atoms with van der Waals surface area (Å²) in [4.78, 5) is 14.0. The van der Waals surface area contributed by atoms with Crippen LogP contribution in [0.25, 0.3) is 0 Å². The van der Waals surface area contributed by atoms with E-state index >= 15 is 0 Å². The number of nitrogens with two attached hydrogens (primary N) is 1. The van der Waals surface area contributed by atoms with E-state index in [2.05, 4.69) is 20.8 Å². The first-order valence-corrected chi connectivity index (χ1v) is 6.66. The van der Waals surface area contributed by atoms with Gasteiger partial charge in [0.25, 0.3) is 0 Å². The van der Waals surface area contributed by atoms with Gasteiger partial charge in [0.05, 0.1) is 12.5 Å². The maximum Gasteiger partial charge on any atom is 0.227 e. The molecule has 17 heavy (non-hydrogen) atoms. The van der Waals surface area contributed by atoms with Gasteiger partial charge in [-0.1, -0.05) is 27.2 Å². The standard InChI is InChI=1S/C13H28N2O2/c1-4-5-6-15(7-8-16)13(17)12(10-14)9-11(2)3/h11-12,16H,4-10,14H2,1-3H3. The first kappa shape index (κ1) is 16.4. The van der Waals surface area contributed by atoms with Gasteiger partial charge in [0.2, 0.25) is 5.91 Å². The molecule has 1 atom stereocenters. The average Bonchev–Trinajstić information content (AvgIpc) is 2.30. The molecule has 0 bridgehead atoms. The highest BCUT2D eigenvalue weighted by atomic mass is 16.3. The number of carbonyl (C=O) groups is 1. The minimum atomic E-state index is -0.0987. The summed E-state index contributed by atoms with van der Waals surface area (Å²) >= 11 is 0. The molecule has 1 unspecified atom stereocenters. The van der Waals surface area contributed by atoms with E-state index in [-0.39, 0.29) is 18.4 Å². The van der Waals surface area contributed by atoms with Gasteiger partial charge in [-0.2, -0.15) is 0 Å². The van der Waals surface area contributed by atoms with Crippen LogP contribution in [-0.2, 0) is 4.79 Å². The Kier molecular flexibility index (Phi) is 9.09. The Bertz CT molecular complexity index is 208. The molecule has 0 rings (SSSR count). The van der Waals surface area contributed by atoms with Crippen molar-refractivity contribution in [3.63, 3.8) is 0 Å². The fraction of sp³-hybridized carbons (Fsp3) is 0.923. The third kappa shape index (κ3) is 6.64. The number of hydrogen-bond donors (Lipinski definition) is 2. The highest BCUT2D eigenvalue weighted by molar-refractivity contribution is 5.79. The summed E-state index contributed by atoms with van der Waals surface area (Å²) in [5.41, 5.74) is 5.67. The van der Waals surface area contributed by atoms with Crippen molar-refractivity contribution in [2.24, 2.45) is 17.6 Å². The Hall–Kier alpha value is -0.610. The van der Waals surface area contributed by atoms with Gasteiger partial charge in [-0.25, -0.2) is 0 Å². The normalized spacial score (nSPS) is 12.8. The minimum Gasteiger partial charge on any atom is -0.395 e. The maximum absolute atomic E-state index is 12.2. The third-order valence-corrected chi connectivity index (χ3v) is 2.85. The molecule has 0 radical (unpaired) electrons. The summed E-state index contributed by atoms with van der Waals surface area (Å²) in [7, 11) is 0. The van der Waals surface area contributed by atoms with Crippen LogP contribution in [0.3, 0.4) is 0 Å². The Labute approximate surface area is 105 Å². The van der Waals surface area contributed by atoms with Crippen LogP contribution in [0.2, 0.25) is 0 Å². The third-order valence-electron chi connectivity index (χ3n) is 2.85. The average molecular weight is 244 g/mol. The highest BCUT2D eigenvalue weighted by Gasteiger charge is 2.23. The first-order chi connectivity index (χ1) is 8.06. The number of unbranched alkanes of at least 4 members (excludes halogenated alkanes) is 1. The number of aliphatic hydroxyl groups excluding tert-OH is 1. The lowest BCUT2D eigenvalue weighted by Gasteiger charge is -2.27. The number of nitrogens with zero attached hydrogens (tertiary/aromatic N) is 1. The zero-order chi connectivity index (χ0) is 13.3. The van der Waals surface area contributed by atoms with Crippen LogP contribution in [0.5, 0.6) is 0 Å². The van der Waals surface area contributed by atoms with Gasteiger partial charge in [-0.3, -0.25) is 4.79 Å². The van der Waals surface area contributed by atoms with E-state index in [1.54, 1.807) is 4.90 Å². The van der Waals surface area contributed by atoms with Gasteiger partial charge in [0, 0.05) is 19.6 Å². The molecule has 0 aliphatic carbocycles. The van der Waals surface area contributed by atoms with E-state index < -0.39 is 0 Å². The molecule has 0 fully saturated rings. The fourth-order valence-corrected chi connectivity index (χ4v) is 1.93. The molecule has 0 aliphatic rings. The Morgan fingerprint density at radius 1 is 1.35 bits per heavy atom. The van der Waals surface area contributed by atoms with Crippen molar-refractivity contribution in [2.45, 2.75) is 40.0 Å². The lowest BCUT2D eigenvalue weighted by Crippen LogP contribution is -2.41. The highest BCUT2D eigenvalue weighted by Crippen LogP contribution is 2.14. The molecular formula is C13H28N2O2. The second kappa shape index (κ2) is 9.42.